The van der Waals surface area contributed by atoms with Gasteiger partial charge in [-0.25, -0.2) is 9.59 Å². The lowest BCUT2D eigenvalue weighted by molar-refractivity contribution is 0.102. The van der Waals surface area contributed by atoms with E-state index in [0.717, 1.165) is 27.7 Å². The zero-order valence-corrected chi connectivity index (χ0v) is 23.0. The number of benzene rings is 3. The predicted octanol–water partition coefficient (Wildman–Crippen LogP) is 5.72. The van der Waals surface area contributed by atoms with Crippen molar-refractivity contribution < 1.29 is 28.9 Å². The number of alkyl carbamates (subject to hydrolysis) is 1. The summed E-state index contributed by atoms with van der Waals surface area (Å²) in [5, 5.41) is 14.7. The Balaban J connectivity index is 1.40. The van der Waals surface area contributed by atoms with Crippen molar-refractivity contribution in [2.75, 3.05) is 26.8 Å². The zero-order chi connectivity index (χ0) is 28.2. The van der Waals surface area contributed by atoms with Crippen molar-refractivity contribution in [2.24, 2.45) is 0 Å². The molecule has 11 heteroatoms. The third kappa shape index (κ3) is 6.12. The van der Waals surface area contributed by atoms with E-state index in [1.807, 2.05) is 30.3 Å². The largest absolute Gasteiger partial charge is 0.491 e. The number of carbonyl (C=O) groups excluding carboxylic acids is 2. The van der Waals surface area contributed by atoms with Crippen LogP contribution in [-0.2, 0) is 11.2 Å². The Kier molecular flexibility index (Phi) is 8.35. The lowest BCUT2D eigenvalue weighted by Gasteiger charge is -2.35. The molecule has 0 saturated heterocycles. The molecule has 5 rings (SSSR count). The Morgan fingerprint density at radius 1 is 1.05 bits per heavy atom. The van der Waals surface area contributed by atoms with E-state index in [9.17, 15) is 14.7 Å². The minimum atomic E-state index is -0.920. The lowest BCUT2D eigenvalue weighted by atomic mass is 9.92. The highest BCUT2D eigenvalue weighted by Crippen LogP contribution is 2.40. The number of rotatable bonds is 7. The summed E-state index contributed by atoms with van der Waals surface area (Å²) in [7, 11) is 1.25. The van der Waals surface area contributed by atoms with Crippen LogP contribution in [0.4, 0.5) is 9.59 Å². The van der Waals surface area contributed by atoms with Crippen LogP contribution in [0.15, 0.2) is 66.7 Å². The summed E-state index contributed by atoms with van der Waals surface area (Å²) < 4.78 is 15.9. The van der Waals surface area contributed by atoms with Crippen LogP contribution in [0.2, 0.25) is 10.0 Å². The number of amides is 2. The Morgan fingerprint density at radius 3 is 2.48 bits per heavy atom. The maximum Gasteiger partial charge on any atom is 0.416 e. The van der Waals surface area contributed by atoms with E-state index in [0.29, 0.717) is 34.5 Å². The van der Waals surface area contributed by atoms with E-state index in [1.54, 1.807) is 41.3 Å². The molecule has 3 aromatic carbocycles. The molecule has 1 aromatic heterocycles. The van der Waals surface area contributed by atoms with Crippen molar-refractivity contribution in [2.45, 2.75) is 18.6 Å². The molecule has 0 saturated carbocycles. The first-order valence-corrected chi connectivity index (χ1v) is 13.3. The highest BCUT2D eigenvalue weighted by Gasteiger charge is 2.35. The van der Waals surface area contributed by atoms with Gasteiger partial charge in [-0.1, -0.05) is 35.3 Å². The van der Waals surface area contributed by atoms with Gasteiger partial charge in [-0.2, -0.15) is 0 Å². The van der Waals surface area contributed by atoms with Crippen LogP contribution >= 0.6 is 23.2 Å². The molecular formula is C29H27Cl2N3O6. The number of aromatic amines is 1. The van der Waals surface area contributed by atoms with Crippen LogP contribution in [0.1, 0.15) is 22.9 Å². The number of hydrogen-bond acceptors (Lipinski definition) is 6. The van der Waals surface area contributed by atoms with E-state index >= 15 is 0 Å². The standard InChI is InChI=1S/C29H27Cl2N3O6/c1-38-28(36)32-15-20(35)16-39-21-7-2-17(3-8-21)27-26-23(24-14-19(31)6-11-25(24)33-26)12-13-34(27)29(37)40-22-9-4-18(30)5-10-22/h2-11,14,20,27,33,35H,12-13,15-16H2,1H3,(H,32,36). The average molecular weight is 584 g/mol. The molecule has 2 unspecified atom stereocenters. The Labute approximate surface area is 240 Å². The number of aliphatic hydroxyl groups excluding tert-OH is 1. The molecule has 1 aliphatic rings. The summed E-state index contributed by atoms with van der Waals surface area (Å²) in [6.07, 6.45) is -1.42. The van der Waals surface area contributed by atoms with E-state index in [-0.39, 0.29) is 13.2 Å². The van der Waals surface area contributed by atoms with Gasteiger partial charge in [0.25, 0.3) is 0 Å². The first kappa shape index (κ1) is 27.6. The number of carbonyl (C=O) groups is 2. The fourth-order valence-electron chi connectivity index (χ4n) is 4.74. The summed E-state index contributed by atoms with van der Waals surface area (Å²) in [5.74, 6) is 0.919. The number of aromatic nitrogens is 1. The molecule has 2 amide bonds. The van der Waals surface area contributed by atoms with Gasteiger partial charge in [0.05, 0.1) is 13.7 Å². The van der Waals surface area contributed by atoms with Gasteiger partial charge >= 0.3 is 12.2 Å². The number of methoxy groups -OCH3 is 1. The molecule has 2 heterocycles. The van der Waals surface area contributed by atoms with Gasteiger partial charge in [0.1, 0.15) is 30.3 Å². The molecule has 0 bridgehead atoms. The SMILES string of the molecule is COC(=O)NCC(O)COc1ccc(C2c3[nH]c4ccc(Cl)cc4c3CCN2C(=O)Oc2ccc(Cl)cc2)cc1. The minimum absolute atomic E-state index is 0.00923. The molecule has 3 N–H and O–H groups in total. The molecule has 208 valence electrons. The van der Waals surface area contributed by atoms with Gasteiger partial charge in [-0.05, 0) is 72.1 Å². The van der Waals surface area contributed by atoms with Crippen molar-refractivity contribution in [3.63, 3.8) is 0 Å². The van der Waals surface area contributed by atoms with Gasteiger partial charge in [-0.3, -0.25) is 4.90 Å². The van der Waals surface area contributed by atoms with E-state index in [2.05, 4.69) is 15.0 Å². The van der Waals surface area contributed by atoms with E-state index < -0.39 is 24.3 Å². The van der Waals surface area contributed by atoms with Crippen molar-refractivity contribution in [1.82, 2.24) is 15.2 Å². The molecule has 4 aromatic rings. The number of hydrogen-bond donors (Lipinski definition) is 3. The summed E-state index contributed by atoms with van der Waals surface area (Å²) in [6, 6.07) is 19.1. The van der Waals surface area contributed by atoms with E-state index in [1.165, 1.54) is 7.11 Å². The number of aliphatic hydroxyl groups is 1. The molecule has 0 spiro atoms. The molecule has 1 aliphatic heterocycles. The highest BCUT2D eigenvalue weighted by atomic mass is 35.5. The van der Waals surface area contributed by atoms with Gasteiger partial charge in [0, 0.05) is 33.2 Å². The fourth-order valence-corrected chi connectivity index (χ4v) is 5.04. The quantitative estimate of drug-likeness (QED) is 0.256. The summed E-state index contributed by atoms with van der Waals surface area (Å²) in [5.41, 5.74) is 3.75. The third-order valence-electron chi connectivity index (χ3n) is 6.65. The second kappa shape index (κ2) is 12.1. The zero-order valence-electron chi connectivity index (χ0n) is 21.5. The molecule has 0 fully saturated rings. The number of nitrogens with zero attached hydrogens (tertiary/aromatic N) is 1. The molecule has 0 aliphatic carbocycles. The Bertz CT molecular complexity index is 1510. The number of fused-ring (bicyclic) bond motifs is 3. The molecule has 0 radical (unpaired) electrons. The summed E-state index contributed by atoms with van der Waals surface area (Å²) in [6.45, 7) is 0.394. The maximum atomic E-state index is 13.4. The Hall–Kier alpha value is -3.92. The predicted molar refractivity (Wildman–Crippen MR) is 151 cm³/mol. The number of H-pyrrole nitrogens is 1. The Morgan fingerprint density at radius 2 is 1.75 bits per heavy atom. The first-order chi connectivity index (χ1) is 19.3. The number of nitrogens with one attached hydrogen (secondary N) is 2. The minimum Gasteiger partial charge on any atom is -0.491 e. The van der Waals surface area contributed by atoms with Crippen LogP contribution < -0.4 is 14.8 Å². The van der Waals surface area contributed by atoms with Gasteiger partial charge in [-0.15, -0.1) is 0 Å². The van der Waals surface area contributed by atoms with Crippen LogP contribution in [0, 0.1) is 0 Å². The molecular weight excluding hydrogens is 557 g/mol. The van der Waals surface area contributed by atoms with Crippen molar-refractivity contribution >= 4 is 46.3 Å². The number of halogens is 2. The van der Waals surface area contributed by atoms with Gasteiger partial charge < -0.3 is 29.6 Å². The van der Waals surface area contributed by atoms with Gasteiger partial charge in [0.15, 0.2) is 0 Å². The molecule has 9 nitrogen and oxygen atoms in total. The van der Waals surface area contributed by atoms with Crippen LogP contribution in [-0.4, -0.2) is 60.1 Å². The molecule has 2 atom stereocenters. The van der Waals surface area contributed by atoms with Crippen molar-refractivity contribution in [3.8, 4) is 11.5 Å². The van der Waals surface area contributed by atoms with Crippen LogP contribution in [0.3, 0.4) is 0 Å². The van der Waals surface area contributed by atoms with Crippen LogP contribution in [0.5, 0.6) is 11.5 Å². The third-order valence-corrected chi connectivity index (χ3v) is 7.14. The normalized spacial score (nSPS) is 15.3. The highest BCUT2D eigenvalue weighted by molar-refractivity contribution is 6.31. The maximum absolute atomic E-state index is 13.4. The van der Waals surface area contributed by atoms with E-state index in [4.69, 9.17) is 32.7 Å². The topological polar surface area (TPSA) is 113 Å². The molecule has 40 heavy (non-hydrogen) atoms. The first-order valence-electron chi connectivity index (χ1n) is 12.6. The monoisotopic (exact) mass is 583 g/mol. The smallest absolute Gasteiger partial charge is 0.416 e. The summed E-state index contributed by atoms with van der Waals surface area (Å²) >= 11 is 12.3. The van der Waals surface area contributed by atoms with Crippen molar-refractivity contribution in [3.05, 3.63) is 93.6 Å². The van der Waals surface area contributed by atoms with Gasteiger partial charge in [0.2, 0.25) is 0 Å². The number of ether oxygens (including phenoxy) is 3. The average Bonchev–Trinajstić information content (AvgIpc) is 3.33. The van der Waals surface area contributed by atoms with Crippen LogP contribution in [0.25, 0.3) is 10.9 Å². The lowest BCUT2D eigenvalue weighted by Crippen LogP contribution is -2.42. The second-order valence-corrected chi connectivity index (χ2v) is 10.2. The fraction of sp³-hybridized carbons (Fsp3) is 0.241. The van der Waals surface area contributed by atoms with Crippen molar-refractivity contribution in [1.29, 1.82) is 0 Å². The second-order valence-electron chi connectivity index (χ2n) is 9.28. The summed E-state index contributed by atoms with van der Waals surface area (Å²) in [4.78, 5) is 29.8.